The summed E-state index contributed by atoms with van der Waals surface area (Å²) >= 11 is 0. The van der Waals surface area contributed by atoms with E-state index in [-0.39, 0.29) is 5.16 Å². The van der Waals surface area contributed by atoms with Crippen molar-refractivity contribution in [3.05, 3.63) is 5.82 Å². The summed E-state index contributed by atoms with van der Waals surface area (Å²) in [5.74, 6) is 0.588. The van der Waals surface area contributed by atoms with E-state index in [1.807, 2.05) is 0 Å². The fourth-order valence-electron chi connectivity index (χ4n) is 0.711. The summed E-state index contributed by atoms with van der Waals surface area (Å²) in [4.78, 5) is 0. The van der Waals surface area contributed by atoms with Crippen molar-refractivity contribution in [2.45, 2.75) is 12.1 Å². The van der Waals surface area contributed by atoms with Gasteiger partial charge in [0.25, 0.3) is 0 Å². The van der Waals surface area contributed by atoms with Crippen molar-refractivity contribution in [3.63, 3.8) is 0 Å². The molecular weight excluding hydrogens is 166 g/mol. The number of aryl methyl sites for hydroxylation is 1. The molecule has 0 aromatic carbocycles. The van der Waals surface area contributed by atoms with Crippen LogP contribution in [0.5, 0.6) is 0 Å². The molecule has 11 heavy (non-hydrogen) atoms. The standard InChI is InChI=1S/C5H9N3O2S/c1-4-6-7-5(8(4)2)11(3,9)10/h1-3H3. The van der Waals surface area contributed by atoms with Crippen LogP contribution in [-0.2, 0) is 16.9 Å². The van der Waals surface area contributed by atoms with Crippen LogP contribution in [0.15, 0.2) is 5.16 Å². The zero-order valence-corrected chi connectivity index (χ0v) is 7.38. The van der Waals surface area contributed by atoms with Gasteiger partial charge in [-0.1, -0.05) is 0 Å². The van der Waals surface area contributed by atoms with Crippen molar-refractivity contribution in [2.24, 2.45) is 7.05 Å². The molecule has 0 saturated heterocycles. The Bertz CT molecular complexity index is 365. The summed E-state index contributed by atoms with van der Waals surface area (Å²) in [6.07, 6.45) is 1.11. The van der Waals surface area contributed by atoms with Crippen LogP contribution in [-0.4, -0.2) is 29.4 Å². The molecule has 6 heteroatoms. The molecule has 0 saturated carbocycles. The monoisotopic (exact) mass is 175 g/mol. The topological polar surface area (TPSA) is 64.8 Å². The minimum absolute atomic E-state index is 0.00926. The highest BCUT2D eigenvalue weighted by molar-refractivity contribution is 7.90. The second kappa shape index (κ2) is 2.30. The molecule has 0 N–H and O–H groups in total. The van der Waals surface area contributed by atoms with Crippen molar-refractivity contribution < 1.29 is 8.42 Å². The Morgan fingerprint density at radius 3 is 2.09 bits per heavy atom. The third-order valence-electron chi connectivity index (χ3n) is 1.38. The summed E-state index contributed by atoms with van der Waals surface area (Å²) in [6, 6.07) is 0. The van der Waals surface area contributed by atoms with Crippen LogP contribution < -0.4 is 0 Å². The first-order chi connectivity index (χ1) is 4.93. The second-order valence-corrected chi connectivity index (χ2v) is 4.27. The molecule has 0 aliphatic rings. The first-order valence-electron chi connectivity index (χ1n) is 2.99. The van der Waals surface area contributed by atoms with Crippen LogP contribution in [0.25, 0.3) is 0 Å². The van der Waals surface area contributed by atoms with Crippen LogP contribution >= 0.6 is 0 Å². The third kappa shape index (κ3) is 1.40. The molecule has 1 aromatic heterocycles. The Kier molecular flexibility index (Phi) is 1.71. The summed E-state index contributed by atoms with van der Waals surface area (Å²) in [7, 11) is -1.61. The smallest absolute Gasteiger partial charge is 0.249 e. The molecule has 1 rings (SSSR count). The van der Waals surface area contributed by atoms with Crippen LogP contribution in [0, 0.1) is 6.92 Å². The Morgan fingerprint density at radius 1 is 1.36 bits per heavy atom. The second-order valence-electron chi connectivity index (χ2n) is 2.36. The van der Waals surface area contributed by atoms with Crippen molar-refractivity contribution >= 4 is 9.84 Å². The lowest BCUT2D eigenvalue weighted by atomic mass is 10.7. The number of sulfone groups is 1. The molecule has 0 aliphatic carbocycles. The van der Waals surface area contributed by atoms with E-state index in [1.165, 1.54) is 4.57 Å². The first kappa shape index (κ1) is 8.19. The molecule has 0 bridgehead atoms. The average Bonchev–Trinajstić information content (AvgIpc) is 2.11. The van der Waals surface area contributed by atoms with E-state index in [9.17, 15) is 8.42 Å². The lowest BCUT2D eigenvalue weighted by molar-refractivity contribution is 0.583. The van der Waals surface area contributed by atoms with Crippen LogP contribution in [0.3, 0.4) is 0 Å². The van der Waals surface area contributed by atoms with Crippen LogP contribution in [0.1, 0.15) is 5.82 Å². The zero-order chi connectivity index (χ0) is 8.65. The number of rotatable bonds is 1. The molecule has 0 aliphatic heterocycles. The average molecular weight is 175 g/mol. The van der Waals surface area contributed by atoms with Gasteiger partial charge < -0.3 is 4.57 Å². The fourth-order valence-corrected chi connectivity index (χ4v) is 1.53. The molecule has 0 spiro atoms. The van der Waals surface area contributed by atoms with Crippen LogP contribution in [0.4, 0.5) is 0 Å². The lowest BCUT2D eigenvalue weighted by Crippen LogP contribution is -2.06. The quantitative estimate of drug-likeness (QED) is 0.578. The predicted octanol–water partition coefficient (Wildman–Crippen LogP) is -0.473. The van der Waals surface area contributed by atoms with Gasteiger partial charge in [0.2, 0.25) is 15.0 Å². The summed E-state index contributed by atoms with van der Waals surface area (Å²) in [6.45, 7) is 1.70. The van der Waals surface area contributed by atoms with Gasteiger partial charge in [0.1, 0.15) is 5.82 Å². The molecule has 0 radical (unpaired) electrons. The van der Waals surface area contributed by atoms with Gasteiger partial charge in [-0.05, 0) is 6.92 Å². The molecule has 0 amide bonds. The molecule has 0 atom stereocenters. The third-order valence-corrected chi connectivity index (χ3v) is 2.40. The Morgan fingerprint density at radius 2 is 1.91 bits per heavy atom. The molecule has 0 fully saturated rings. The molecule has 1 heterocycles. The van der Waals surface area contributed by atoms with Crippen molar-refractivity contribution in [1.29, 1.82) is 0 Å². The first-order valence-corrected chi connectivity index (χ1v) is 4.88. The largest absolute Gasteiger partial charge is 0.305 e. The maximum Gasteiger partial charge on any atom is 0.249 e. The van der Waals surface area contributed by atoms with Crippen molar-refractivity contribution in [3.8, 4) is 0 Å². The summed E-state index contributed by atoms with van der Waals surface area (Å²) in [5, 5.41) is 7.14. The Hall–Kier alpha value is -0.910. The van der Waals surface area contributed by atoms with Gasteiger partial charge >= 0.3 is 0 Å². The van der Waals surface area contributed by atoms with Gasteiger partial charge in [0.15, 0.2) is 0 Å². The van der Waals surface area contributed by atoms with Gasteiger partial charge in [-0.25, -0.2) is 8.42 Å². The van der Waals surface area contributed by atoms with Gasteiger partial charge in [-0.3, -0.25) is 0 Å². The van der Waals surface area contributed by atoms with Gasteiger partial charge in [0.05, 0.1) is 0 Å². The maximum atomic E-state index is 10.9. The number of hydrogen-bond acceptors (Lipinski definition) is 4. The predicted molar refractivity (Wildman–Crippen MR) is 38.8 cm³/mol. The van der Waals surface area contributed by atoms with E-state index in [4.69, 9.17) is 0 Å². The lowest BCUT2D eigenvalue weighted by Gasteiger charge is -1.96. The minimum atomic E-state index is -3.22. The molecule has 62 valence electrons. The normalized spacial score (nSPS) is 11.9. The summed E-state index contributed by atoms with van der Waals surface area (Å²) < 4.78 is 23.3. The molecule has 5 nitrogen and oxygen atoms in total. The van der Waals surface area contributed by atoms with Crippen molar-refractivity contribution in [2.75, 3.05) is 6.26 Å². The number of nitrogens with zero attached hydrogens (tertiary/aromatic N) is 3. The zero-order valence-electron chi connectivity index (χ0n) is 6.57. The summed E-state index contributed by atoms with van der Waals surface area (Å²) in [5.41, 5.74) is 0. The van der Waals surface area contributed by atoms with Crippen molar-refractivity contribution in [1.82, 2.24) is 14.8 Å². The van der Waals surface area contributed by atoms with E-state index in [0.29, 0.717) is 5.82 Å². The van der Waals surface area contributed by atoms with Crippen LogP contribution in [0.2, 0.25) is 0 Å². The van der Waals surface area contributed by atoms with E-state index < -0.39 is 9.84 Å². The number of aromatic nitrogens is 3. The molecular formula is C5H9N3O2S. The van der Waals surface area contributed by atoms with E-state index in [2.05, 4.69) is 10.2 Å². The minimum Gasteiger partial charge on any atom is -0.305 e. The highest BCUT2D eigenvalue weighted by Crippen LogP contribution is 2.04. The van der Waals surface area contributed by atoms with Gasteiger partial charge in [-0.15, -0.1) is 10.2 Å². The fraction of sp³-hybridized carbons (Fsp3) is 0.600. The Balaban J connectivity index is 3.38. The number of hydrogen-bond donors (Lipinski definition) is 0. The SMILES string of the molecule is Cc1nnc(S(C)(=O)=O)n1C. The van der Waals surface area contributed by atoms with E-state index >= 15 is 0 Å². The molecule has 1 aromatic rings. The van der Waals surface area contributed by atoms with Gasteiger partial charge in [-0.2, -0.15) is 0 Å². The molecule has 0 unspecified atom stereocenters. The highest BCUT2D eigenvalue weighted by atomic mass is 32.2. The van der Waals surface area contributed by atoms with E-state index in [0.717, 1.165) is 6.26 Å². The maximum absolute atomic E-state index is 10.9. The van der Waals surface area contributed by atoms with E-state index in [1.54, 1.807) is 14.0 Å². The van der Waals surface area contributed by atoms with Gasteiger partial charge in [0, 0.05) is 13.3 Å². The highest BCUT2D eigenvalue weighted by Gasteiger charge is 2.15. The Labute approximate surface area is 65.0 Å².